The fraction of sp³-hybridized carbons (Fsp3) is 0.769. The van der Waals surface area contributed by atoms with E-state index in [0.29, 0.717) is 25.8 Å². The zero-order chi connectivity index (χ0) is 31.5. The van der Waals surface area contributed by atoms with E-state index in [1.54, 1.807) is 0 Å². The zero-order valence-electron chi connectivity index (χ0n) is 24.4. The minimum absolute atomic E-state index is 0.0333. The average molecular weight is 607 g/mol. The second-order valence-electron chi connectivity index (χ2n) is 9.31. The van der Waals surface area contributed by atoms with Gasteiger partial charge in [-0.1, -0.05) is 6.42 Å². The molecule has 1 aliphatic heterocycles. The molecule has 0 bridgehead atoms. The first-order valence-electron chi connectivity index (χ1n) is 13.6. The highest BCUT2D eigenvalue weighted by Crippen LogP contribution is 2.28. The number of carboxylic acid groups (broad SMARTS) is 1. The van der Waals surface area contributed by atoms with Gasteiger partial charge in [-0.15, -0.1) is 0 Å². The first kappa shape index (κ1) is 36.7. The quantitative estimate of drug-likeness (QED) is 0.0902. The SMILES string of the molecule is CC(=O)NC1C(OCCOCCOCC(=O)NCCCCCC(=O)O)OC(COC(C)=O)C(OC(C)=O)C1OC(C)=O. The lowest BCUT2D eigenvalue weighted by Gasteiger charge is -2.44. The van der Waals surface area contributed by atoms with Gasteiger partial charge in [-0.2, -0.15) is 0 Å². The van der Waals surface area contributed by atoms with Crippen molar-refractivity contribution in [3.63, 3.8) is 0 Å². The summed E-state index contributed by atoms with van der Waals surface area (Å²) < 4.78 is 38.1. The molecule has 1 rings (SSSR count). The van der Waals surface area contributed by atoms with Crippen LogP contribution in [0.2, 0.25) is 0 Å². The molecule has 16 heteroatoms. The molecule has 1 saturated heterocycles. The molecule has 0 aromatic carbocycles. The number of esters is 3. The maximum Gasteiger partial charge on any atom is 0.303 e. The lowest BCUT2D eigenvalue weighted by Crippen LogP contribution is -2.66. The predicted molar refractivity (Wildman–Crippen MR) is 141 cm³/mol. The number of carbonyl (C=O) groups excluding carboxylic acids is 5. The summed E-state index contributed by atoms with van der Waals surface area (Å²) in [7, 11) is 0. The Hall–Kier alpha value is -3.34. The summed E-state index contributed by atoms with van der Waals surface area (Å²) in [6.45, 7) is 4.94. The van der Waals surface area contributed by atoms with Crippen molar-refractivity contribution < 1.29 is 67.0 Å². The van der Waals surface area contributed by atoms with Crippen LogP contribution in [0, 0.1) is 0 Å². The van der Waals surface area contributed by atoms with Crippen LogP contribution in [-0.4, -0.2) is 118 Å². The van der Waals surface area contributed by atoms with Gasteiger partial charge in [-0.25, -0.2) is 0 Å². The normalized spacial score (nSPS) is 21.6. The molecule has 42 heavy (non-hydrogen) atoms. The number of aliphatic carboxylic acids is 1. The number of nitrogens with one attached hydrogen (secondary N) is 2. The van der Waals surface area contributed by atoms with Crippen LogP contribution in [-0.2, 0) is 61.9 Å². The van der Waals surface area contributed by atoms with Crippen molar-refractivity contribution in [1.82, 2.24) is 10.6 Å². The molecule has 5 atom stereocenters. The largest absolute Gasteiger partial charge is 0.481 e. The summed E-state index contributed by atoms with van der Waals surface area (Å²) in [5, 5.41) is 13.9. The van der Waals surface area contributed by atoms with Gasteiger partial charge in [0.15, 0.2) is 18.5 Å². The molecular formula is C26H42N2O14. The number of unbranched alkanes of at least 4 members (excludes halogenated alkanes) is 2. The molecule has 0 aliphatic carbocycles. The molecular weight excluding hydrogens is 564 g/mol. The van der Waals surface area contributed by atoms with E-state index in [9.17, 15) is 28.8 Å². The number of carbonyl (C=O) groups is 6. The van der Waals surface area contributed by atoms with Crippen molar-refractivity contribution in [2.75, 3.05) is 46.2 Å². The summed E-state index contributed by atoms with van der Waals surface area (Å²) >= 11 is 0. The lowest BCUT2D eigenvalue weighted by atomic mass is 9.96. The van der Waals surface area contributed by atoms with Crippen LogP contribution in [0.4, 0.5) is 0 Å². The first-order valence-corrected chi connectivity index (χ1v) is 13.6. The van der Waals surface area contributed by atoms with Crippen molar-refractivity contribution in [3.8, 4) is 0 Å². The molecule has 240 valence electrons. The Morgan fingerprint density at radius 1 is 0.786 bits per heavy atom. The van der Waals surface area contributed by atoms with Crippen LogP contribution < -0.4 is 10.6 Å². The monoisotopic (exact) mass is 606 g/mol. The molecule has 0 radical (unpaired) electrons. The Labute approximate surface area is 244 Å². The Morgan fingerprint density at radius 2 is 1.43 bits per heavy atom. The van der Waals surface area contributed by atoms with E-state index in [0.717, 1.165) is 13.8 Å². The second-order valence-corrected chi connectivity index (χ2v) is 9.31. The standard InChI is InChI=1S/C26H42N2O14/c1-16(29)28-23-25(41-19(4)32)24(40-18(3)31)20(14-39-17(2)30)42-26(23)38-13-12-36-10-11-37-15-21(33)27-9-7-5-6-8-22(34)35/h20,23-26H,5-15H2,1-4H3,(H,27,33)(H,28,29)(H,34,35). The summed E-state index contributed by atoms with van der Waals surface area (Å²) in [5.74, 6) is -3.68. The van der Waals surface area contributed by atoms with Crippen molar-refractivity contribution in [3.05, 3.63) is 0 Å². The number of rotatable bonds is 20. The van der Waals surface area contributed by atoms with E-state index in [2.05, 4.69) is 10.6 Å². The van der Waals surface area contributed by atoms with Crippen molar-refractivity contribution in [1.29, 1.82) is 0 Å². The number of carboxylic acids is 1. The van der Waals surface area contributed by atoms with E-state index in [1.165, 1.54) is 13.8 Å². The Balaban J connectivity index is 2.56. The van der Waals surface area contributed by atoms with E-state index in [4.69, 9.17) is 38.3 Å². The van der Waals surface area contributed by atoms with E-state index in [1.807, 2.05) is 0 Å². The van der Waals surface area contributed by atoms with E-state index >= 15 is 0 Å². The topological polar surface area (TPSA) is 211 Å². The fourth-order valence-corrected chi connectivity index (χ4v) is 3.90. The third-order valence-corrected chi connectivity index (χ3v) is 5.58. The predicted octanol–water partition coefficient (Wildman–Crippen LogP) is -0.546. The molecule has 1 aliphatic rings. The Kier molecular flexibility index (Phi) is 17.9. The van der Waals surface area contributed by atoms with Gasteiger partial charge in [0, 0.05) is 40.7 Å². The summed E-state index contributed by atoms with van der Waals surface area (Å²) in [4.78, 5) is 69.2. The molecule has 3 N–H and O–H groups in total. The third kappa shape index (κ3) is 16.2. The van der Waals surface area contributed by atoms with Gasteiger partial charge in [0.1, 0.15) is 25.4 Å². The number of amides is 2. The lowest BCUT2D eigenvalue weighted by molar-refractivity contribution is -0.279. The minimum atomic E-state index is -1.22. The highest BCUT2D eigenvalue weighted by molar-refractivity contribution is 5.77. The molecule has 0 spiro atoms. The molecule has 0 saturated carbocycles. The van der Waals surface area contributed by atoms with Crippen molar-refractivity contribution in [2.45, 2.75) is 84.0 Å². The van der Waals surface area contributed by atoms with E-state index < -0.39 is 60.4 Å². The van der Waals surface area contributed by atoms with Gasteiger partial charge < -0.3 is 48.9 Å². The van der Waals surface area contributed by atoms with Gasteiger partial charge in [0.25, 0.3) is 0 Å². The smallest absolute Gasteiger partial charge is 0.303 e. The highest BCUT2D eigenvalue weighted by Gasteiger charge is 2.51. The van der Waals surface area contributed by atoms with Crippen LogP contribution in [0.3, 0.4) is 0 Å². The van der Waals surface area contributed by atoms with Crippen molar-refractivity contribution in [2.24, 2.45) is 0 Å². The van der Waals surface area contributed by atoms with Crippen LogP contribution >= 0.6 is 0 Å². The molecule has 0 aromatic rings. The second kappa shape index (κ2) is 20.5. The van der Waals surface area contributed by atoms with Gasteiger partial charge in [-0.05, 0) is 12.8 Å². The summed E-state index contributed by atoms with van der Waals surface area (Å²) in [6.07, 6.45) is -2.68. The van der Waals surface area contributed by atoms with Gasteiger partial charge >= 0.3 is 23.9 Å². The van der Waals surface area contributed by atoms with Crippen LogP contribution in [0.1, 0.15) is 53.4 Å². The number of hydrogen-bond donors (Lipinski definition) is 3. The van der Waals surface area contributed by atoms with Gasteiger partial charge in [0.2, 0.25) is 11.8 Å². The molecule has 1 fully saturated rings. The number of hydrogen-bond acceptors (Lipinski definition) is 13. The van der Waals surface area contributed by atoms with Crippen LogP contribution in [0.25, 0.3) is 0 Å². The molecule has 0 aromatic heterocycles. The molecule has 16 nitrogen and oxygen atoms in total. The first-order chi connectivity index (χ1) is 19.9. The highest BCUT2D eigenvalue weighted by atomic mass is 16.7. The Morgan fingerprint density at radius 3 is 2.05 bits per heavy atom. The summed E-state index contributed by atoms with van der Waals surface area (Å²) in [5.41, 5.74) is 0. The maximum absolute atomic E-state index is 11.9. The Bertz CT molecular complexity index is 898. The molecule has 2 amide bonds. The zero-order valence-corrected chi connectivity index (χ0v) is 24.4. The van der Waals surface area contributed by atoms with Crippen LogP contribution in [0.15, 0.2) is 0 Å². The van der Waals surface area contributed by atoms with E-state index in [-0.39, 0.29) is 52.0 Å². The van der Waals surface area contributed by atoms with Crippen molar-refractivity contribution >= 4 is 35.7 Å². The fourth-order valence-electron chi connectivity index (χ4n) is 3.90. The third-order valence-electron chi connectivity index (χ3n) is 5.58. The number of ether oxygens (including phenoxy) is 7. The minimum Gasteiger partial charge on any atom is -0.481 e. The van der Waals surface area contributed by atoms with Gasteiger partial charge in [-0.3, -0.25) is 28.8 Å². The summed E-state index contributed by atoms with van der Waals surface area (Å²) in [6, 6.07) is -1.08. The van der Waals surface area contributed by atoms with Crippen LogP contribution in [0.5, 0.6) is 0 Å². The van der Waals surface area contributed by atoms with Gasteiger partial charge in [0.05, 0.1) is 26.4 Å². The molecule has 5 unspecified atom stereocenters. The molecule has 1 heterocycles. The average Bonchev–Trinajstić information content (AvgIpc) is 2.88. The maximum atomic E-state index is 11.9.